The van der Waals surface area contributed by atoms with Crippen LogP contribution in [0.1, 0.15) is 59.8 Å². The number of hydrogen-bond acceptors (Lipinski definition) is 2. The van der Waals surface area contributed by atoms with Crippen LogP contribution >= 0.6 is 0 Å². The summed E-state index contributed by atoms with van der Waals surface area (Å²) in [5.74, 6) is 0.108. The minimum absolute atomic E-state index is 0.108. The fourth-order valence-corrected chi connectivity index (χ4v) is 1.57. The third-order valence-corrected chi connectivity index (χ3v) is 2.57. The fraction of sp³-hybridized carbons (Fsp3) is 0.923. The van der Waals surface area contributed by atoms with Gasteiger partial charge in [0.25, 0.3) is 0 Å². The molecule has 1 unspecified atom stereocenters. The van der Waals surface area contributed by atoms with Gasteiger partial charge in [-0.1, -0.05) is 46.5 Å². The van der Waals surface area contributed by atoms with Gasteiger partial charge in [-0.15, -0.1) is 0 Å². The van der Waals surface area contributed by atoms with Crippen molar-refractivity contribution >= 4 is 5.91 Å². The number of unbranched alkanes of at least 4 members (excludes halogenated alkanes) is 3. The summed E-state index contributed by atoms with van der Waals surface area (Å²) in [6.45, 7) is 8.81. The average Bonchev–Trinajstić information content (AvgIpc) is 2.21. The van der Waals surface area contributed by atoms with Crippen molar-refractivity contribution in [2.24, 2.45) is 0 Å². The predicted molar refractivity (Wildman–Crippen MR) is 69.5 cm³/mol. The third kappa shape index (κ3) is 9.97. The highest BCUT2D eigenvalue weighted by molar-refractivity contribution is 5.78. The van der Waals surface area contributed by atoms with E-state index in [2.05, 4.69) is 24.5 Å². The standard InChI is InChI=1S/C13H28N2O/c1-5-6-7-8-9-12(4)15-13(16)10-14-11(2)3/h11-12,14H,5-10H2,1-4H3,(H,15,16). The predicted octanol–water partition coefficient (Wildman–Crippen LogP) is 2.46. The molecule has 3 heteroatoms. The van der Waals surface area contributed by atoms with Crippen LogP contribution in [-0.4, -0.2) is 24.5 Å². The molecular formula is C13H28N2O. The van der Waals surface area contributed by atoms with Crippen molar-refractivity contribution in [2.75, 3.05) is 6.54 Å². The lowest BCUT2D eigenvalue weighted by atomic mass is 10.1. The van der Waals surface area contributed by atoms with E-state index in [-0.39, 0.29) is 5.91 Å². The fourth-order valence-electron chi connectivity index (χ4n) is 1.57. The monoisotopic (exact) mass is 228 g/mol. The molecule has 1 atom stereocenters. The molecule has 96 valence electrons. The van der Waals surface area contributed by atoms with Gasteiger partial charge in [0, 0.05) is 12.1 Å². The van der Waals surface area contributed by atoms with Crippen LogP contribution in [0.3, 0.4) is 0 Å². The Labute approximate surface area is 100 Å². The summed E-state index contributed by atoms with van der Waals surface area (Å²) in [6, 6.07) is 0.670. The largest absolute Gasteiger partial charge is 0.353 e. The molecule has 0 rings (SSSR count). The summed E-state index contributed by atoms with van der Waals surface area (Å²) < 4.78 is 0. The van der Waals surface area contributed by atoms with Crippen LogP contribution in [0.25, 0.3) is 0 Å². The number of carbonyl (C=O) groups is 1. The SMILES string of the molecule is CCCCCCC(C)NC(=O)CNC(C)C. The topological polar surface area (TPSA) is 41.1 Å². The first-order chi connectivity index (χ1) is 7.56. The van der Waals surface area contributed by atoms with Gasteiger partial charge in [-0.2, -0.15) is 0 Å². The van der Waals surface area contributed by atoms with Gasteiger partial charge in [-0.05, 0) is 13.3 Å². The van der Waals surface area contributed by atoms with Crippen LogP contribution in [0.2, 0.25) is 0 Å². The van der Waals surface area contributed by atoms with E-state index in [1.807, 2.05) is 13.8 Å². The second kappa shape index (κ2) is 9.64. The summed E-state index contributed by atoms with van der Waals surface area (Å²) >= 11 is 0. The highest BCUT2D eigenvalue weighted by Crippen LogP contribution is 2.04. The molecule has 2 N–H and O–H groups in total. The Morgan fingerprint density at radius 1 is 1.12 bits per heavy atom. The average molecular weight is 228 g/mol. The highest BCUT2D eigenvalue weighted by Gasteiger charge is 2.06. The molecule has 0 aliphatic heterocycles. The highest BCUT2D eigenvalue weighted by atomic mass is 16.1. The van der Waals surface area contributed by atoms with Gasteiger partial charge in [-0.25, -0.2) is 0 Å². The van der Waals surface area contributed by atoms with E-state index in [1.165, 1.54) is 25.7 Å². The number of carbonyl (C=O) groups excluding carboxylic acids is 1. The van der Waals surface area contributed by atoms with E-state index in [9.17, 15) is 4.79 Å². The molecule has 3 nitrogen and oxygen atoms in total. The van der Waals surface area contributed by atoms with Gasteiger partial charge in [0.2, 0.25) is 5.91 Å². The van der Waals surface area contributed by atoms with E-state index < -0.39 is 0 Å². The first-order valence-electron chi connectivity index (χ1n) is 6.59. The molecule has 0 saturated carbocycles. The molecule has 0 aromatic carbocycles. The van der Waals surface area contributed by atoms with Crippen molar-refractivity contribution in [3.63, 3.8) is 0 Å². The van der Waals surface area contributed by atoms with Gasteiger partial charge in [-0.3, -0.25) is 4.79 Å². The minimum Gasteiger partial charge on any atom is -0.353 e. The van der Waals surface area contributed by atoms with Crippen LogP contribution in [0.5, 0.6) is 0 Å². The molecule has 0 bridgehead atoms. The molecule has 0 aliphatic carbocycles. The number of amides is 1. The molecule has 0 spiro atoms. The summed E-state index contributed by atoms with van der Waals surface area (Å²) in [4.78, 5) is 11.5. The molecule has 0 aliphatic rings. The van der Waals surface area contributed by atoms with E-state index in [0.29, 0.717) is 18.6 Å². The second-order valence-corrected chi connectivity index (χ2v) is 4.85. The Kier molecular flexibility index (Phi) is 9.30. The molecule has 0 saturated heterocycles. The van der Waals surface area contributed by atoms with Crippen LogP contribution < -0.4 is 10.6 Å². The van der Waals surface area contributed by atoms with E-state index in [0.717, 1.165) is 6.42 Å². The summed E-state index contributed by atoms with van der Waals surface area (Å²) in [6.07, 6.45) is 6.15. The van der Waals surface area contributed by atoms with E-state index in [4.69, 9.17) is 0 Å². The Balaban J connectivity index is 3.46. The van der Waals surface area contributed by atoms with Crippen molar-refractivity contribution in [3.8, 4) is 0 Å². The van der Waals surface area contributed by atoms with Crippen molar-refractivity contribution in [3.05, 3.63) is 0 Å². The smallest absolute Gasteiger partial charge is 0.234 e. The van der Waals surface area contributed by atoms with Crippen molar-refractivity contribution < 1.29 is 4.79 Å². The zero-order valence-electron chi connectivity index (χ0n) is 11.3. The van der Waals surface area contributed by atoms with E-state index >= 15 is 0 Å². The number of rotatable bonds is 9. The molecule has 16 heavy (non-hydrogen) atoms. The lowest BCUT2D eigenvalue weighted by Gasteiger charge is -2.15. The summed E-state index contributed by atoms with van der Waals surface area (Å²) in [5.41, 5.74) is 0. The first kappa shape index (κ1) is 15.4. The Bertz CT molecular complexity index is 181. The number of hydrogen-bond donors (Lipinski definition) is 2. The molecule has 0 heterocycles. The molecule has 0 fully saturated rings. The lowest BCUT2D eigenvalue weighted by Crippen LogP contribution is -2.40. The van der Waals surface area contributed by atoms with Gasteiger partial charge in [0.15, 0.2) is 0 Å². The first-order valence-corrected chi connectivity index (χ1v) is 6.59. The van der Waals surface area contributed by atoms with Crippen LogP contribution in [0.4, 0.5) is 0 Å². The maximum atomic E-state index is 11.5. The maximum Gasteiger partial charge on any atom is 0.234 e. The molecule has 0 radical (unpaired) electrons. The van der Waals surface area contributed by atoms with Crippen molar-refractivity contribution in [1.29, 1.82) is 0 Å². The van der Waals surface area contributed by atoms with Gasteiger partial charge in [0.1, 0.15) is 0 Å². The van der Waals surface area contributed by atoms with Crippen molar-refractivity contribution in [1.82, 2.24) is 10.6 Å². The summed E-state index contributed by atoms with van der Waals surface area (Å²) in [7, 11) is 0. The summed E-state index contributed by atoms with van der Waals surface area (Å²) in [5, 5.41) is 6.13. The molecule has 1 amide bonds. The Hall–Kier alpha value is -0.570. The molecular weight excluding hydrogens is 200 g/mol. The van der Waals surface area contributed by atoms with Crippen LogP contribution in [0, 0.1) is 0 Å². The number of nitrogens with one attached hydrogen (secondary N) is 2. The molecule has 0 aromatic rings. The van der Waals surface area contributed by atoms with Gasteiger partial charge >= 0.3 is 0 Å². The second-order valence-electron chi connectivity index (χ2n) is 4.85. The molecule has 0 aromatic heterocycles. The van der Waals surface area contributed by atoms with Crippen LogP contribution in [0.15, 0.2) is 0 Å². The quantitative estimate of drug-likeness (QED) is 0.595. The normalized spacial score (nSPS) is 12.8. The maximum absolute atomic E-state index is 11.5. The minimum atomic E-state index is 0.108. The zero-order chi connectivity index (χ0) is 12.4. The lowest BCUT2D eigenvalue weighted by molar-refractivity contribution is -0.121. The zero-order valence-corrected chi connectivity index (χ0v) is 11.3. The third-order valence-electron chi connectivity index (χ3n) is 2.57. The Morgan fingerprint density at radius 2 is 1.81 bits per heavy atom. The van der Waals surface area contributed by atoms with E-state index in [1.54, 1.807) is 0 Å². The van der Waals surface area contributed by atoms with Crippen LogP contribution in [-0.2, 0) is 4.79 Å². The van der Waals surface area contributed by atoms with Crippen molar-refractivity contribution in [2.45, 2.75) is 71.9 Å². The van der Waals surface area contributed by atoms with Gasteiger partial charge < -0.3 is 10.6 Å². The Morgan fingerprint density at radius 3 is 2.38 bits per heavy atom. The van der Waals surface area contributed by atoms with Gasteiger partial charge in [0.05, 0.1) is 6.54 Å².